The highest BCUT2D eigenvalue weighted by molar-refractivity contribution is 5.79. The topological polar surface area (TPSA) is 51.1 Å². The van der Waals surface area contributed by atoms with Gasteiger partial charge in [0, 0.05) is 17.7 Å². The number of rotatable bonds is 3. The highest BCUT2D eigenvalue weighted by atomic mass is 16.5. The molecular formula is C17H21NO3. The van der Waals surface area contributed by atoms with Gasteiger partial charge in [-0.05, 0) is 43.4 Å². The van der Waals surface area contributed by atoms with Gasteiger partial charge in [-0.15, -0.1) is 0 Å². The van der Waals surface area contributed by atoms with Gasteiger partial charge >= 0.3 is 0 Å². The maximum absolute atomic E-state index is 8.83. The van der Waals surface area contributed by atoms with Crippen molar-refractivity contribution in [3.8, 4) is 11.5 Å². The smallest absolute Gasteiger partial charge is 0.134 e. The van der Waals surface area contributed by atoms with E-state index in [4.69, 9.17) is 14.6 Å². The SMILES string of the molecule is C/C=C(\C=N/CO)C1COc2c(ccc3c2CCCO3)C1. The molecule has 1 aromatic rings. The van der Waals surface area contributed by atoms with Gasteiger partial charge in [-0.3, -0.25) is 4.99 Å². The molecule has 0 aromatic heterocycles. The van der Waals surface area contributed by atoms with Crippen LogP contribution >= 0.6 is 0 Å². The summed E-state index contributed by atoms with van der Waals surface area (Å²) in [7, 11) is 0. The van der Waals surface area contributed by atoms with Crippen molar-refractivity contribution in [1.29, 1.82) is 0 Å². The molecule has 1 unspecified atom stereocenters. The highest BCUT2D eigenvalue weighted by Crippen LogP contribution is 2.40. The summed E-state index contributed by atoms with van der Waals surface area (Å²) in [5.41, 5.74) is 3.58. The van der Waals surface area contributed by atoms with Gasteiger partial charge in [-0.2, -0.15) is 0 Å². The van der Waals surface area contributed by atoms with Crippen LogP contribution in [0, 0.1) is 5.92 Å². The molecule has 0 amide bonds. The summed E-state index contributed by atoms with van der Waals surface area (Å²) < 4.78 is 11.8. The van der Waals surface area contributed by atoms with Crippen molar-refractivity contribution in [1.82, 2.24) is 0 Å². The van der Waals surface area contributed by atoms with Gasteiger partial charge in [-0.1, -0.05) is 12.1 Å². The van der Waals surface area contributed by atoms with Crippen LogP contribution in [0.4, 0.5) is 0 Å². The van der Waals surface area contributed by atoms with E-state index in [0.29, 0.717) is 12.5 Å². The predicted molar refractivity (Wildman–Crippen MR) is 82.3 cm³/mol. The molecule has 0 spiro atoms. The van der Waals surface area contributed by atoms with Gasteiger partial charge < -0.3 is 14.6 Å². The number of hydrogen-bond acceptors (Lipinski definition) is 4. The second-order valence-corrected chi connectivity index (χ2v) is 5.44. The van der Waals surface area contributed by atoms with E-state index in [1.165, 1.54) is 11.1 Å². The van der Waals surface area contributed by atoms with Crippen LogP contribution in [0.2, 0.25) is 0 Å². The first-order valence-electron chi connectivity index (χ1n) is 7.50. The second kappa shape index (κ2) is 6.31. The van der Waals surface area contributed by atoms with Crippen molar-refractivity contribution < 1.29 is 14.6 Å². The molecule has 0 aliphatic carbocycles. The lowest BCUT2D eigenvalue weighted by molar-refractivity contribution is 0.232. The van der Waals surface area contributed by atoms with E-state index in [1.807, 2.05) is 13.0 Å². The molecule has 1 N–H and O–H groups in total. The molecule has 1 atom stereocenters. The molecule has 112 valence electrons. The molecule has 1 aromatic carbocycles. The molecule has 0 radical (unpaired) electrons. The number of benzene rings is 1. The fraction of sp³-hybridized carbons (Fsp3) is 0.471. The number of fused-ring (bicyclic) bond motifs is 3. The quantitative estimate of drug-likeness (QED) is 0.869. The summed E-state index contributed by atoms with van der Waals surface area (Å²) in [6.07, 6.45) is 6.82. The molecule has 4 heteroatoms. The third-order valence-corrected chi connectivity index (χ3v) is 4.15. The average molecular weight is 287 g/mol. The molecule has 2 aliphatic rings. The number of allylic oxidation sites excluding steroid dienone is 1. The fourth-order valence-electron chi connectivity index (χ4n) is 3.09. The summed E-state index contributed by atoms with van der Waals surface area (Å²) in [6.45, 7) is 3.27. The lowest BCUT2D eigenvalue weighted by Crippen LogP contribution is -2.25. The maximum atomic E-state index is 8.83. The van der Waals surface area contributed by atoms with Gasteiger partial charge in [-0.25, -0.2) is 0 Å². The third kappa shape index (κ3) is 2.81. The number of hydrogen-bond donors (Lipinski definition) is 1. The summed E-state index contributed by atoms with van der Waals surface area (Å²) in [5, 5.41) is 8.83. The van der Waals surface area contributed by atoms with E-state index in [-0.39, 0.29) is 6.73 Å². The summed E-state index contributed by atoms with van der Waals surface area (Å²) >= 11 is 0. The Kier molecular flexibility index (Phi) is 4.25. The molecule has 0 saturated carbocycles. The zero-order valence-corrected chi connectivity index (χ0v) is 12.3. The lowest BCUT2D eigenvalue weighted by atomic mass is 9.88. The summed E-state index contributed by atoms with van der Waals surface area (Å²) in [4.78, 5) is 3.93. The number of aliphatic hydroxyl groups excluding tert-OH is 1. The van der Waals surface area contributed by atoms with E-state index >= 15 is 0 Å². The molecule has 0 bridgehead atoms. The van der Waals surface area contributed by atoms with Crippen LogP contribution in [-0.4, -0.2) is 31.3 Å². The first-order valence-corrected chi connectivity index (χ1v) is 7.50. The first-order chi connectivity index (χ1) is 10.3. The maximum Gasteiger partial charge on any atom is 0.134 e. The van der Waals surface area contributed by atoms with E-state index in [2.05, 4.69) is 17.1 Å². The number of aliphatic hydroxyl groups is 1. The summed E-state index contributed by atoms with van der Waals surface area (Å²) in [5.74, 6) is 2.30. The van der Waals surface area contributed by atoms with Crippen molar-refractivity contribution in [3.63, 3.8) is 0 Å². The van der Waals surface area contributed by atoms with Gasteiger partial charge in [0.25, 0.3) is 0 Å². The van der Waals surface area contributed by atoms with E-state index in [1.54, 1.807) is 6.21 Å². The number of ether oxygens (including phenoxy) is 2. The molecule has 2 heterocycles. The summed E-state index contributed by atoms with van der Waals surface area (Å²) in [6, 6.07) is 4.18. The Morgan fingerprint density at radius 3 is 3.14 bits per heavy atom. The molecule has 2 aliphatic heterocycles. The van der Waals surface area contributed by atoms with Crippen molar-refractivity contribution in [2.24, 2.45) is 10.9 Å². The Bertz CT molecular complexity index is 578. The Hall–Kier alpha value is -1.81. The van der Waals surface area contributed by atoms with Crippen molar-refractivity contribution in [2.75, 3.05) is 19.9 Å². The molecule has 0 saturated heterocycles. The average Bonchev–Trinajstić information content (AvgIpc) is 2.55. The van der Waals surface area contributed by atoms with Crippen LogP contribution in [-0.2, 0) is 12.8 Å². The Morgan fingerprint density at radius 1 is 1.43 bits per heavy atom. The van der Waals surface area contributed by atoms with E-state index < -0.39 is 0 Å². The predicted octanol–water partition coefficient (Wildman–Crippen LogP) is 2.53. The standard InChI is InChI=1S/C17H21NO3/c1-2-12(9-18-11-19)14-8-13-5-6-16-15(4-3-7-20-16)17(13)21-10-14/h2,5-6,9,14,19H,3-4,7-8,10-11H2,1H3/b12-2+,18-9-. The van der Waals surface area contributed by atoms with E-state index in [0.717, 1.165) is 42.9 Å². The third-order valence-electron chi connectivity index (χ3n) is 4.15. The highest BCUT2D eigenvalue weighted by Gasteiger charge is 2.26. The minimum Gasteiger partial charge on any atom is -0.493 e. The normalized spacial score (nSPS) is 21.4. The molecule has 3 rings (SSSR count). The molecule has 0 fully saturated rings. The molecule has 21 heavy (non-hydrogen) atoms. The largest absolute Gasteiger partial charge is 0.493 e. The Labute approximate surface area is 125 Å². The first kappa shape index (κ1) is 14.1. The van der Waals surface area contributed by atoms with Crippen LogP contribution in [0.3, 0.4) is 0 Å². The van der Waals surface area contributed by atoms with Crippen LogP contribution in [0.15, 0.2) is 28.8 Å². The van der Waals surface area contributed by atoms with Crippen LogP contribution in [0.1, 0.15) is 24.5 Å². The minimum absolute atomic E-state index is 0.174. The van der Waals surface area contributed by atoms with Crippen LogP contribution < -0.4 is 9.47 Å². The van der Waals surface area contributed by atoms with Gasteiger partial charge in [0.15, 0.2) is 0 Å². The zero-order valence-electron chi connectivity index (χ0n) is 12.3. The van der Waals surface area contributed by atoms with Gasteiger partial charge in [0.1, 0.15) is 18.2 Å². The minimum atomic E-state index is -0.174. The Balaban J connectivity index is 1.85. The molecule has 4 nitrogen and oxygen atoms in total. The van der Waals surface area contributed by atoms with Crippen LogP contribution in [0.5, 0.6) is 11.5 Å². The van der Waals surface area contributed by atoms with Crippen molar-refractivity contribution >= 4 is 6.21 Å². The monoisotopic (exact) mass is 287 g/mol. The van der Waals surface area contributed by atoms with E-state index in [9.17, 15) is 0 Å². The van der Waals surface area contributed by atoms with Gasteiger partial charge in [0.2, 0.25) is 0 Å². The van der Waals surface area contributed by atoms with Gasteiger partial charge in [0.05, 0.1) is 13.2 Å². The van der Waals surface area contributed by atoms with Crippen molar-refractivity contribution in [2.45, 2.75) is 26.2 Å². The van der Waals surface area contributed by atoms with Crippen molar-refractivity contribution in [3.05, 3.63) is 34.9 Å². The second-order valence-electron chi connectivity index (χ2n) is 5.44. The molecular weight excluding hydrogens is 266 g/mol. The Morgan fingerprint density at radius 2 is 2.33 bits per heavy atom. The fourth-order valence-corrected chi connectivity index (χ4v) is 3.09. The zero-order chi connectivity index (χ0) is 14.7. The number of nitrogens with zero attached hydrogens (tertiary/aromatic N) is 1. The lowest BCUT2D eigenvalue weighted by Gasteiger charge is -2.30. The number of aliphatic imine (C=N–C) groups is 1. The van der Waals surface area contributed by atoms with Crippen LogP contribution in [0.25, 0.3) is 0 Å².